The van der Waals surface area contributed by atoms with E-state index in [1.807, 2.05) is 12.1 Å². The molecule has 3 aliphatic carbocycles. The number of ketones is 1. The molecule has 316 valence electrons. The molecule has 1 saturated carbocycles. The van der Waals surface area contributed by atoms with Crippen LogP contribution < -0.4 is 15.5 Å². The second kappa shape index (κ2) is 15.3. The molecule has 3 aromatic carbocycles. The third kappa shape index (κ3) is 7.01. The molecule has 5 aliphatic heterocycles. The number of imide groups is 1. The number of aromatic hydroxyl groups is 1. The number of ether oxygens (including phenoxy) is 1. The SMILES string of the molecule is O=C1CCC(C2=C3C(=O)C4=C(C=C3CN2)CC2(CCN(C3CCC5(CC3)CCN(c3ccc([C@@H]6c7ccc(O)cc7CC[C@@H]6c6ccccc6)cc3)CC5)CC2)CO4)C(=O)N1. The van der Waals surface area contributed by atoms with Crippen molar-refractivity contribution in [3.8, 4) is 5.75 Å². The van der Waals surface area contributed by atoms with Gasteiger partial charge in [0.05, 0.1) is 18.1 Å². The number of likely N-dealkylation sites (tertiary alicyclic amines) is 1. The largest absolute Gasteiger partial charge is 0.508 e. The minimum Gasteiger partial charge on any atom is -0.508 e. The quantitative estimate of drug-likeness (QED) is 0.223. The molecule has 2 amide bonds. The molecule has 0 aromatic heterocycles. The van der Waals surface area contributed by atoms with Gasteiger partial charge in [-0.25, -0.2) is 0 Å². The first-order chi connectivity index (χ1) is 29.7. The van der Waals surface area contributed by atoms with Crippen LogP contribution in [0.4, 0.5) is 5.69 Å². The minimum absolute atomic E-state index is 0.0573. The van der Waals surface area contributed by atoms with Gasteiger partial charge in [-0.15, -0.1) is 0 Å². The Kier molecular flexibility index (Phi) is 9.74. The molecule has 9 heteroatoms. The summed E-state index contributed by atoms with van der Waals surface area (Å²) in [5.41, 5.74) is 10.4. The number of carbonyl (C=O) groups excluding carboxylic acids is 3. The Labute approximate surface area is 359 Å². The van der Waals surface area contributed by atoms with E-state index in [0.717, 1.165) is 69.4 Å². The number of Topliss-reactive ketones (excluding diaryl/α,β-unsaturated/α-hetero) is 1. The molecule has 11 rings (SSSR count). The van der Waals surface area contributed by atoms with Crippen LogP contribution in [0, 0.1) is 16.7 Å². The van der Waals surface area contributed by atoms with Gasteiger partial charge in [0.1, 0.15) is 5.75 Å². The molecule has 5 heterocycles. The minimum atomic E-state index is -0.506. The maximum Gasteiger partial charge on any atom is 0.235 e. The van der Waals surface area contributed by atoms with Crippen LogP contribution in [0.5, 0.6) is 5.75 Å². The lowest BCUT2D eigenvalue weighted by Crippen LogP contribution is -2.50. The monoisotopic (exact) mass is 818 g/mol. The van der Waals surface area contributed by atoms with Crippen LogP contribution in [0.15, 0.2) is 107 Å². The zero-order valence-corrected chi connectivity index (χ0v) is 35.2. The van der Waals surface area contributed by atoms with E-state index in [-0.39, 0.29) is 35.4 Å². The third-order valence-electron chi connectivity index (χ3n) is 16.5. The van der Waals surface area contributed by atoms with Crippen LogP contribution in [-0.2, 0) is 25.5 Å². The number of benzene rings is 3. The summed E-state index contributed by atoms with van der Waals surface area (Å²) in [5.74, 6) is 0.318. The fourth-order valence-corrected chi connectivity index (χ4v) is 12.9. The number of allylic oxidation sites excluding steroid dienone is 3. The number of hydrogen-bond acceptors (Lipinski definition) is 8. The average molecular weight is 819 g/mol. The van der Waals surface area contributed by atoms with Crippen molar-refractivity contribution in [3.63, 3.8) is 0 Å². The summed E-state index contributed by atoms with van der Waals surface area (Å²) in [5, 5.41) is 16.1. The molecular formula is C52H58N4O5. The molecular weight excluding hydrogens is 761 g/mol. The Morgan fingerprint density at radius 1 is 0.754 bits per heavy atom. The number of amides is 2. The maximum atomic E-state index is 13.8. The van der Waals surface area contributed by atoms with Crippen LogP contribution in [0.2, 0.25) is 0 Å². The van der Waals surface area contributed by atoms with Gasteiger partial charge in [-0.2, -0.15) is 0 Å². The van der Waals surface area contributed by atoms with Gasteiger partial charge in [-0.3, -0.25) is 19.7 Å². The number of carbonyl (C=O) groups is 3. The molecule has 1 unspecified atom stereocenters. The van der Waals surface area contributed by atoms with Gasteiger partial charge in [0, 0.05) is 54.8 Å². The fourth-order valence-electron chi connectivity index (χ4n) is 12.9. The molecule has 3 N–H and O–H groups in total. The van der Waals surface area contributed by atoms with E-state index in [1.165, 1.54) is 66.5 Å². The van der Waals surface area contributed by atoms with Crippen LogP contribution in [0.25, 0.3) is 0 Å². The van der Waals surface area contributed by atoms with Crippen molar-refractivity contribution in [2.45, 2.75) is 101 Å². The second-order valence-electron chi connectivity index (χ2n) is 19.7. The lowest BCUT2D eigenvalue weighted by molar-refractivity contribution is -0.135. The number of anilines is 1. The summed E-state index contributed by atoms with van der Waals surface area (Å²) in [6.45, 7) is 5.52. The zero-order chi connectivity index (χ0) is 41.3. The van der Waals surface area contributed by atoms with Gasteiger partial charge in [0.2, 0.25) is 17.6 Å². The highest BCUT2D eigenvalue weighted by Gasteiger charge is 2.47. The Bertz CT molecular complexity index is 2340. The molecule has 3 aromatic rings. The predicted molar refractivity (Wildman–Crippen MR) is 235 cm³/mol. The lowest BCUT2D eigenvalue weighted by Gasteiger charge is -2.51. The summed E-state index contributed by atoms with van der Waals surface area (Å²) in [7, 11) is 0. The van der Waals surface area contributed by atoms with Crippen molar-refractivity contribution in [2.24, 2.45) is 16.7 Å². The first kappa shape index (κ1) is 38.7. The summed E-state index contributed by atoms with van der Waals surface area (Å²) >= 11 is 0. The summed E-state index contributed by atoms with van der Waals surface area (Å²) in [6, 6.07) is 27.1. The van der Waals surface area contributed by atoms with Crippen molar-refractivity contribution in [3.05, 3.63) is 129 Å². The maximum absolute atomic E-state index is 13.8. The van der Waals surface area contributed by atoms with Crippen molar-refractivity contribution in [2.75, 3.05) is 44.2 Å². The van der Waals surface area contributed by atoms with Crippen LogP contribution in [-0.4, -0.2) is 73.0 Å². The normalized spacial score (nSPS) is 27.5. The van der Waals surface area contributed by atoms with E-state index in [2.05, 4.69) is 87.2 Å². The number of phenols is 1. The van der Waals surface area contributed by atoms with Crippen LogP contribution in [0.1, 0.15) is 111 Å². The number of aryl methyl sites for hydroxylation is 1. The van der Waals surface area contributed by atoms with Gasteiger partial charge >= 0.3 is 0 Å². The molecule has 61 heavy (non-hydrogen) atoms. The van der Waals surface area contributed by atoms with E-state index in [0.29, 0.717) is 59.7 Å². The number of phenolic OH excluding ortho intramolecular Hbond substituents is 1. The highest BCUT2D eigenvalue weighted by molar-refractivity contribution is 6.14. The number of hydrogen-bond donors (Lipinski definition) is 3. The summed E-state index contributed by atoms with van der Waals surface area (Å²) in [4.78, 5) is 43.7. The fraction of sp³-hybridized carbons (Fsp3) is 0.481. The Morgan fingerprint density at radius 2 is 1.51 bits per heavy atom. The number of nitrogens with one attached hydrogen (secondary N) is 2. The Balaban J connectivity index is 0.687. The summed E-state index contributed by atoms with van der Waals surface area (Å²) in [6.07, 6.45) is 15.7. The van der Waals surface area contributed by atoms with Crippen LogP contribution in [0.3, 0.4) is 0 Å². The molecule has 3 atom stereocenters. The van der Waals surface area contributed by atoms with Crippen molar-refractivity contribution in [1.29, 1.82) is 0 Å². The first-order valence-corrected chi connectivity index (χ1v) is 23.1. The van der Waals surface area contributed by atoms with E-state index < -0.39 is 5.92 Å². The van der Waals surface area contributed by atoms with Crippen molar-refractivity contribution >= 4 is 23.3 Å². The molecule has 0 bridgehead atoms. The molecule has 4 fully saturated rings. The number of nitrogens with zero attached hydrogens (tertiary/aromatic N) is 2. The van der Waals surface area contributed by atoms with E-state index >= 15 is 0 Å². The average Bonchev–Trinajstić information content (AvgIpc) is 3.71. The smallest absolute Gasteiger partial charge is 0.235 e. The predicted octanol–water partition coefficient (Wildman–Crippen LogP) is 7.96. The van der Waals surface area contributed by atoms with Gasteiger partial charge in [0.15, 0.2) is 5.76 Å². The van der Waals surface area contributed by atoms with Crippen molar-refractivity contribution < 1.29 is 24.2 Å². The zero-order valence-electron chi connectivity index (χ0n) is 35.2. The molecule has 0 radical (unpaired) electrons. The van der Waals surface area contributed by atoms with E-state index in [9.17, 15) is 19.5 Å². The highest BCUT2D eigenvalue weighted by atomic mass is 16.5. The van der Waals surface area contributed by atoms with E-state index in [1.54, 1.807) is 0 Å². The standard InChI is InChI=1S/C52H58N4O5/c57-40-11-13-42-35(29-40)8-12-41(33-4-2-1-3-5-33)45(42)34-6-9-38(10-7-34)55-24-20-51(21-25-55)18-16-39(17-19-51)56-26-22-52(23-27-56)30-36-28-37-31-53-47(43-14-15-44(58)54-50(43)60)46(37)48(59)49(36)61-32-52/h1-7,9-11,13,28-29,39,41,43,45,53,57H,8,12,14-27,30-32H2,(H,54,58,60)/t41-,43?,45+/m1/s1. The van der Waals surface area contributed by atoms with Gasteiger partial charge in [-0.1, -0.05) is 48.5 Å². The first-order valence-electron chi connectivity index (χ1n) is 23.1. The second-order valence-corrected chi connectivity index (χ2v) is 19.7. The number of piperidine rings is 3. The topological polar surface area (TPSA) is 111 Å². The number of fused-ring (bicyclic) bond motifs is 2. The van der Waals surface area contributed by atoms with Gasteiger partial charge in [-0.05, 0) is 165 Å². The van der Waals surface area contributed by atoms with Gasteiger partial charge in [0.25, 0.3) is 0 Å². The van der Waals surface area contributed by atoms with E-state index in [4.69, 9.17) is 4.74 Å². The third-order valence-corrected chi connectivity index (χ3v) is 16.5. The van der Waals surface area contributed by atoms with Crippen LogP contribution >= 0.6 is 0 Å². The molecule has 3 saturated heterocycles. The lowest BCUT2D eigenvalue weighted by atomic mass is 9.66. The van der Waals surface area contributed by atoms with Crippen molar-refractivity contribution in [1.82, 2.24) is 15.5 Å². The molecule has 9 nitrogen and oxygen atoms in total. The van der Waals surface area contributed by atoms with Gasteiger partial charge < -0.3 is 25.0 Å². The summed E-state index contributed by atoms with van der Waals surface area (Å²) < 4.78 is 6.38. The molecule has 8 aliphatic rings. The Hall–Kier alpha value is -5.15. The number of rotatable bonds is 5. The highest BCUT2D eigenvalue weighted by Crippen LogP contribution is 2.51. The Morgan fingerprint density at radius 3 is 2.26 bits per heavy atom. The molecule has 2 spiro atoms.